The second-order valence-electron chi connectivity index (χ2n) is 4.17. The molecule has 1 heterocycles. The molecule has 2 amide bonds. The van der Waals surface area contributed by atoms with E-state index >= 15 is 0 Å². The highest BCUT2D eigenvalue weighted by molar-refractivity contribution is 7.18. The number of thiophene rings is 1. The molecule has 2 rings (SSSR count). The van der Waals surface area contributed by atoms with Crippen molar-refractivity contribution in [3.63, 3.8) is 0 Å². The van der Waals surface area contributed by atoms with Crippen molar-refractivity contribution in [3.8, 4) is 0 Å². The largest absolute Gasteiger partial charge is 0.321 e. The average molecular weight is 274 g/mol. The van der Waals surface area contributed by atoms with Gasteiger partial charge in [0.2, 0.25) is 5.91 Å². The minimum atomic E-state index is -0.176. The zero-order valence-electron chi connectivity index (χ0n) is 10.7. The molecule has 2 aromatic rings. The number of carbonyl (C=O) groups excluding carboxylic acids is 2. The third kappa shape index (κ3) is 3.66. The fraction of sp³-hybridized carbons (Fsp3) is 0.143. The number of carbonyl (C=O) groups is 2. The summed E-state index contributed by atoms with van der Waals surface area (Å²) in [5.41, 5.74) is 1.90. The van der Waals surface area contributed by atoms with Crippen LogP contribution in [0.5, 0.6) is 0 Å². The molecule has 1 aromatic heterocycles. The van der Waals surface area contributed by atoms with E-state index in [2.05, 4.69) is 10.6 Å². The molecule has 1 aromatic carbocycles. The van der Waals surface area contributed by atoms with Gasteiger partial charge in [-0.15, -0.1) is 11.3 Å². The Balaban J connectivity index is 2.05. The summed E-state index contributed by atoms with van der Waals surface area (Å²) in [5.74, 6) is -0.321. The molecule has 0 aliphatic heterocycles. The topological polar surface area (TPSA) is 58.2 Å². The highest BCUT2D eigenvalue weighted by atomic mass is 32.1. The van der Waals surface area contributed by atoms with Crippen LogP contribution >= 0.6 is 11.3 Å². The quantitative estimate of drug-likeness (QED) is 0.902. The Morgan fingerprint density at radius 2 is 1.68 bits per heavy atom. The van der Waals surface area contributed by atoms with Crippen molar-refractivity contribution in [3.05, 3.63) is 46.8 Å². The van der Waals surface area contributed by atoms with Gasteiger partial charge in [-0.1, -0.05) is 17.7 Å². The van der Waals surface area contributed by atoms with E-state index in [0.717, 1.165) is 11.3 Å². The van der Waals surface area contributed by atoms with Gasteiger partial charge in [0, 0.05) is 12.6 Å². The number of nitrogens with one attached hydrogen (secondary N) is 2. The maximum Gasteiger partial charge on any atom is 0.265 e. The van der Waals surface area contributed by atoms with Crippen molar-refractivity contribution >= 4 is 33.8 Å². The summed E-state index contributed by atoms with van der Waals surface area (Å²) in [6.07, 6.45) is 0. The van der Waals surface area contributed by atoms with Crippen molar-refractivity contribution in [2.75, 3.05) is 10.6 Å². The molecule has 0 spiro atoms. The Labute approximate surface area is 115 Å². The van der Waals surface area contributed by atoms with Crippen LogP contribution in [0, 0.1) is 6.92 Å². The van der Waals surface area contributed by atoms with Crippen molar-refractivity contribution in [1.29, 1.82) is 0 Å². The summed E-state index contributed by atoms with van der Waals surface area (Å²) >= 11 is 1.25. The summed E-state index contributed by atoms with van der Waals surface area (Å²) in [6.45, 7) is 3.43. The van der Waals surface area contributed by atoms with E-state index in [0.29, 0.717) is 9.88 Å². The SMILES string of the molecule is CC(=O)Nc1ccc(C(=O)Nc2ccc(C)cc2)s1. The summed E-state index contributed by atoms with van der Waals surface area (Å²) in [4.78, 5) is 23.5. The number of benzene rings is 1. The molecule has 0 radical (unpaired) electrons. The van der Waals surface area contributed by atoms with Crippen LogP contribution < -0.4 is 10.6 Å². The fourth-order valence-electron chi connectivity index (χ4n) is 1.53. The van der Waals surface area contributed by atoms with Crippen molar-refractivity contribution in [1.82, 2.24) is 0 Å². The van der Waals surface area contributed by atoms with E-state index in [1.807, 2.05) is 31.2 Å². The Morgan fingerprint density at radius 1 is 1.00 bits per heavy atom. The van der Waals surface area contributed by atoms with Gasteiger partial charge in [0.15, 0.2) is 0 Å². The summed E-state index contributed by atoms with van der Waals surface area (Å²) < 4.78 is 0. The summed E-state index contributed by atoms with van der Waals surface area (Å²) in [7, 11) is 0. The van der Waals surface area contributed by atoms with E-state index in [9.17, 15) is 9.59 Å². The first kappa shape index (κ1) is 13.3. The van der Waals surface area contributed by atoms with E-state index in [4.69, 9.17) is 0 Å². The van der Waals surface area contributed by atoms with Gasteiger partial charge in [0.1, 0.15) is 0 Å². The minimum Gasteiger partial charge on any atom is -0.321 e. The van der Waals surface area contributed by atoms with Gasteiger partial charge in [-0.3, -0.25) is 9.59 Å². The van der Waals surface area contributed by atoms with Crippen LogP contribution in [0.15, 0.2) is 36.4 Å². The number of hydrogen-bond donors (Lipinski definition) is 2. The van der Waals surface area contributed by atoms with Crippen molar-refractivity contribution in [2.24, 2.45) is 0 Å². The van der Waals surface area contributed by atoms with E-state index in [1.54, 1.807) is 12.1 Å². The van der Waals surface area contributed by atoms with E-state index in [1.165, 1.54) is 18.3 Å². The highest BCUT2D eigenvalue weighted by Crippen LogP contribution is 2.22. The second kappa shape index (κ2) is 5.67. The highest BCUT2D eigenvalue weighted by Gasteiger charge is 2.10. The lowest BCUT2D eigenvalue weighted by atomic mass is 10.2. The minimum absolute atomic E-state index is 0.146. The predicted molar refractivity (Wildman–Crippen MR) is 77.8 cm³/mol. The number of hydrogen-bond acceptors (Lipinski definition) is 3. The lowest BCUT2D eigenvalue weighted by Gasteiger charge is -2.03. The third-order valence-electron chi connectivity index (χ3n) is 2.44. The van der Waals surface area contributed by atoms with Crippen LogP contribution in [0.25, 0.3) is 0 Å². The Bertz CT molecular complexity index is 602. The van der Waals surface area contributed by atoms with Gasteiger partial charge in [-0.2, -0.15) is 0 Å². The van der Waals surface area contributed by atoms with Gasteiger partial charge >= 0.3 is 0 Å². The molecule has 0 aliphatic rings. The molecule has 0 aliphatic carbocycles. The van der Waals surface area contributed by atoms with Gasteiger partial charge in [0.25, 0.3) is 5.91 Å². The summed E-state index contributed by atoms with van der Waals surface area (Å²) in [6, 6.07) is 11.0. The lowest BCUT2D eigenvalue weighted by Crippen LogP contribution is -2.09. The van der Waals surface area contributed by atoms with Crippen LogP contribution in [0.4, 0.5) is 10.7 Å². The molecule has 0 bridgehead atoms. The van der Waals surface area contributed by atoms with Gasteiger partial charge in [-0.25, -0.2) is 0 Å². The lowest BCUT2D eigenvalue weighted by molar-refractivity contribution is -0.114. The van der Waals surface area contributed by atoms with Gasteiger partial charge in [0.05, 0.1) is 9.88 Å². The zero-order valence-corrected chi connectivity index (χ0v) is 11.5. The standard InChI is InChI=1S/C14H14N2O2S/c1-9-3-5-11(6-4-9)16-14(18)12-7-8-13(19-12)15-10(2)17/h3-8H,1-2H3,(H,15,17)(H,16,18). The zero-order chi connectivity index (χ0) is 13.8. The van der Waals surface area contributed by atoms with Gasteiger partial charge in [-0.05, 0) is 31.2 Å². The Morgan fingerprint density at radius 3 is 2.32 bits per heavy atom. The molecule has 4 nitrogen and oxygen atoms in total. The van der Waals surface area contributed by atoms with Gasteiger partial charge < -0.3 is 10.6 Å². The third-order valence-corrected chi connectivity index (χ3v) is 3.44. The molecule has 0 saturated heterocycles. The monoisotopic (exact) mass is 274 g/mol. The van der Waals surface area contributed by atoms with Crippen LogP contribution in [0.1, 0.15) is 22.2 Å². The van der Waals surface area contributed by atoms with Crippen LogP contribution in [-0.2, 0) is 4.79 Å². The van der Waals surface area contributed by atoms with E-state index in [-0.39, 0.29) is 11.8 Å². The van der Waals surface area contributed by atoms with E-state index < -0.39 is 0 Å². The maximum atomic E-state index is 12.0. The first-order chi connectivity index (χ1) is 9.04. The fourth-order valence-corrected chi connectivity index (χ4v) is 2.38. The molecule has 0 fully saturated rings. The second-order valence-corrected chi connectivity index (χ2v) is 5.25. The average Bonchev–Trinajstić information content (AvgIpc) is 2.80. The Hall–Kier alpha value is -2.14. The number of rotatable bonds is 3. The smallest absolute Gasteiger partial charge is 0.265 e. The molecule has 2 N–H and O–H groups in total. The molecular formula is C14H14N2O2S. The molecule has 0 unspecified atom stereocenters. The number of amides is 2. The Kier molecular flexibility index (Phi) is 3.97. The first-order valence-electron chi connectivity index (χ1n) is 5.80. The van der Waals surface area contributed by atoms with Crippen molar-refractivity contribution in [2.45, 2.75) is 13.8 Å². The first-order valence-corrected chi connectivity index (χ1v) is 6.62. The maximum absolute atomic E-state index is 12.0. The number of aryl methyl sites for hydroxylation is 1. The van der Waals surface area contributed by atoms with Crippen LogP contribution in [0.2, 0.25) is 0 Å². The molecule has 98 valence electrons. The molecule has 0 atom stereocenters. The molecule has 0 saturated carbocycles. The normalized spacial score (nSPS) is 10.0. The van der Waals surface area contributed by atoms with Crippen LogP contribution in [0.3, 0.4) is 0 Å². The van der Waals surface area contributed by atoms with Crippen LogP contribution in [-0.4, -0.2) is 11.8 Å². The molecule has 19 heavy (non-hydrogen) atoms. The molecular weight excluding hydrogens is 260 g/mol. The predicted octanol–water partition coefficient (Wildman–Crippen LogP) is 3.27. The molecule has 5 heteroatoms. The van der Waals surface area contributed by atoms with Crippen molar-refractivity contribution < 1.29 is 9.59 Å². The number of anilines is 2. The summed E-state index contributed by atoms with van der Waals surface area (Å²) in [5, 5.41) is 6.13.